The van der Waals surface area contributed by atoms with Crippen LogP contribution in [0.25, 0.3) is 10.6 Å². The monoisotopic (exact) mass is 402 g/mol. The molecule has 6 nitrogen and oxygen atoms in total. The van der Waals surface area contributed by atoms with Gasteiger partial charge in [0.25, 0.3) is 0 Å². The molecule has 2 fully saturated rings. The van der Waals surface area contributed by atoms with Gasteiger partial charge in [0.2, 0.25) is 5.13 Å². The molecule has 4 rings (SSSR count). The number of hydrogen-bond donors (Lipinski definition) is 0. The maximum Gasteiger partial charge on any atom is 0.208 e. The fourth-order valence-corrected chi connectivity index (χ4v) is 5.25. The third kappa shape index (κ3) is 3.82. The molecule has 0 N–H and O–H groups in total. The molecule has 0 saturated carbocycles. The number of benzene rings is 1. The van der Waals surface area contributed by atoms with Gasteiger partial charge in [0.05, 0.1) is 14.2 Å². The molecule has 28 heavy (non-hydrogen) atoms. The number of likely N-dealkylation sites (tertiary alicyclic amines) is 1. The highest BCUT2D eigenvalue weighted by Crippen LogP contribution is 2.37. The van der Waals surface area contributed by atoms with Crippen molar-refractivity contribution in [3.8, 4) is 22.1 Å². The third-order valence-corrected chi connectivity index (χ3v) is 7.31. The summed E-state index contributed by atoms with van der Waals surface area (Å²) in [5.74, 6) is 1.44. The molecule has 0 amide bonds. The van der Waals surface area contributed by atoms with Gasteiger partial charge in [-0.1, -0.05) is 17.8 Å². The maximum absolute atomic E-state index is 5.42. The van der Waals surface area contributed by atoms with E-state index in [1.807, 2.05) is 18.2 Å². The van der Waals surface area contributed by atoms with Crippen LogP contribution in [0.1, 0.15) is 39.0 Å². The van der Waals surface area contributed by atoms with Crippen molar-refractivity contribution in [2.75, 3.05) is 45.3 Å². The number of methoxy groups -OCH3 is 2. The summed E-state index contributed by atoms with van der Waals surface area (Å²) in [5, 5.41) is 10.9. The minimum absolute atomic E-state index is 0.341. The van der Waals surface area contributed by atoms with E-state index in [4.69, 9.17) is 9.47 Å². The quantitative estimate of drug-likeness (QED) is 0.752. The highest BCUT2D eigenvalue weighted by Gasteiger charge is 2.36. The molecule has 3 heterocycles. The van der Waals surface area contributed by atoms with E-state index in [1.54, 1.807) is 25.6 Å². The molecule has 2 saturated heterocycles. The molecule has 0 unspecified atom stereocenters. The average molecular weight is 403 g/mol. The van der Waals surface area contributed by atoms with E-state index in [2.05, 4.69) is 26.9 Å². The van der Waals surface area contributed by atoms with E-state index in [1.165, 1.54) is 45.2 Å². The van der Waals surface area contributed by atoms with Crippen LogP contribution in [-0.4, -0.2) is 61.0 Å². The lowest BCUT2D eigenvalue weighted by Gasteiger charge is -2.48. The number of aromatic nitrogens is 2. The van der Waals surface area contributed by atoms with Gasteiger partial charge in [-0.15, -0.1) is 10.2 Å². The van der Waals surface area contributed by atoms with Crippen LogP contribution in [0.3, 0.4) is 0 Å². The van der Waals surface area contributed by atoms with Crippen molar-refractivity contribution in [1.82, 2.24) is 15.1 Å². The Balaban J connectivity index is 1.44. The molecule has 1 aromatic carbocycles. The van der Waals surface area contributed by atoms with E-state index in [9.17, 15) is 0 Å². The van der Waals surface area contributed by atoms with E-state index < -0.39 is 0 Å². The first-order valence-corrected chi connectivity index (χ1v) is 11.0. The van der Waals surface area contributed by atoms with Crippen molar-refractivity contribution in [3.63, 3.8) is 0 Å². The van der Waals surface area contributed by atoms with E-state index in [0.717, 1.165) is 34.5 Å². The van der Waals surface area contributed by atoms with Gasteiger partial charge in [0, 0.05) is 24.2 Å². The molecule has 152 valence electrons. The summed E-state index contributed by atoms with van der Waals surface area (Å²) < 4.78 is 10.7. The predicted octanol–water partition coefficient (Wildman–Crippen LogP) is 4.07. The van der Waals surface area contributed by atoms with E-state index >= 15 is 0 Å². The Labute approximate surface area is 171 Å². The van der Waals surface area contributed by atoms with Crippen molar-refractivity contribution >= 4 is 16.5 Å². The van der Waals surface area contributed by atoms with Gasteiger partial charge in [-0.05, 0) is 63.9 Å². The van der Waals surface area contributed by atoms with Crippen LogP contribution in [0.2, 0.25) is 0 Å². The Morgan fingerprint density at radius 3 is 2.32 bits per heavy atom. The lowest BCUT2D eigenvalue weighted by atomic mass is 9.86. The minimum Gasteiger partial charge on any atom is -0.493 e. The molecule has 2 aliphatic heterocycles. The van der Waals surface area contributed by atoms with Gasteiger partial charge in [-0.2, -0.15) is 0 Å². The summed E-state index contributed by atoms with van der Waals surface area (Å²) in [5.41, 5.74) is 1.35. The van der Waals surface area contributed by atoms with Crippen molar-refractivity contribution < 1.29 is 9.47 Å². The zero-order valence-corrected chi connectivity index (χ0v) is 17.9. The zero-order valence-electron chi connectivity index (χ0n) is 17.1. The molecule has 1 aromatic heterocycles. The fourth-order valence-electron chi connectivity index (χ4n) is 4.36. The van der Waals surface area contributed by atoms with Gasteiger partial charge in [-0.25, -0.2) is 0 Å². The van der Waals surface area contributed by atoms with E-state index in [0.29, 0.717) is 11.3 Å². The molecular weight excluding hydrogens is 372 g/mol. The first kappa shape index (κ1) is 19.5. The first-order chi connectivity index (χ1) is 13.6. The van der Waals surface area contributed by atoms with Gasteiger partial charge in [0.1, 0.15) is 5.01 Å². The lowest BCUT2D eigenvalue weighted by molar-refractivity contribution is 0.0593. The van der Waals surface area contributed by atoms with Crippen molar-refractivity contribution in [2.45, 2.75) is 44.6 Å². The second-order valence-corrected chi connectivity index (χ2v) is 8.95. The van der Waals surface area contributed by atoms with Crippen molar-refractivity contribution in [1.29, 1.82) is 0 Å². The first-order valence-electron chi connectivity index (χ1n) is 10.2. The lowest BCUT2D eigenvalue weighted by Crippen LogP contribution is -2.55. The summed E-state index contributed by atoms with van der Waals surface area (Å²) >= 11 is 1.65. The largest absolute Gasteiger partial charge is 0.493 e. The molecule has 7 heteroatoms. The van der Waals surface area contributed by atoms with Crippen LogP contribution < -0.4 is 14.4 Å². The molecule has 0 radical (unpaired) electrons. The second kappa shape index (κ2) is 8.25. The summed E-state index contributed by atoms with van der Waals surface area (Å²) in [7, 11) is 3.30. The molecule has 2 aliphatic rings. The average Bonchev–Trinajstić information content (AvgIpc) is 3.24. The van der Waals surface area contributed by atoms with E-state index in [-0.39, 0.29) is 0 Å². The van der Waals surface area contributed by atoms with Crippen LogP contribution >= 0.6 is 11.3 Å². The summed E-state index contributed by atoms with van der Waals surface area (Å²) in [6.07, 6.45) is 6.48. The zero-order chi connectivity index (χ0) is 19.6. The topological polar surface area (TPSA) is 50.7 Å². The summed E-state index contributed by atoms with van der Waals surface area (Å²) in [6, 6.07) is 5.89. The maximum atomic E-state index is 5.42. The smallest absolute Gasteiger partial charge is 0.208 e. The number of nitrogens with zero attached hydrogens (tertiary/aromatic N) is 4. The highest BCUT2D eigenvalue weighted by molar-refractivity contribution is 7.18. The van der Waals surface area contributed by atoms with Crippen LogP contribution in [-0.2, 0) is 0 Å². The van der Waals surface area contributed by atoms with Gasteiger partial charge < -0.3 is 14.4 Å². The molecule has 0 aliphatic carbocycles. The number of ether oxygens (including phenoxy) is 2. The Kier molecular flexibility index (Phi) is 5.73. The molecular formula is C21H30N4O2S. The Morgan fingerprint density at radius 2 is 1.64 bits per heavy atom. The third-order valence-electron chi connectivity index (χ3n) is 6.28. The molecule has 0 spiro atoms. The molecule has 0 bridgehead atoms. The van der Waals surface area contributed by atoms with Gasteiger partial charge in [-0.3, -0.25) is 4.90 Å². The van der Waals surface area contributed by atoms with Crippen LogP contribution in [0.5, 0.6) is 11.5 Å². The van der Waals surface area contributed by atoms with Crippen molar-refractivity contribution in [3.05, 3.63) is 18.2 Å². The number of hydrogen-bond acceptors (Lipinski definition) is 7. The van der Waals surface area contributed by atoms with Crippen molar-refractivity contribution in [2.24, 2.45) is 0 Å². The summed E-state index contributed by atoms with van der Waals surface area (Å²) in [6.45, 7) is 7.07. The standard InChI is InChI=1S/C21H30N4O2S/c1-21(25-11-5-4-6-12-25)9-13-24(14-10-21)20-23-22-19(28-20)16-7-8-17(26-2)18(15-16)27-3/h7-8,15H,4-6,9-14H2,1-3H3. The highest BCUT2D eigenvalue weighted by atomic mass is 32.1. The van der Waals surface area contributed by atoms with Crippen LogP contribution in [0.15, 0.2) is 18.2 Å². The van der Waals surface area contributed by atoms with Gasteiger partial charge >= 0.3 is 0 Å². The van der Waals surface area contributed by atoms with Gasteiger partial charge in [0.15, 0.2) is 11.5 Å². The number of piperidine rings is 2. The SMILES string of the molecule is COc1ccc(-c2nnc(N3CCC(C)(N4CCCCC4)CC3)s2)cc1OC. The minimum atomic E-state index is 0.341. The number of rotatable bonds is 5. The Hall–Kier alpha value is -1.86. The number of anilines is 1. The second-order valence-electron chi connectivity index (χ2n) is 7.99. The normalized spacial score (nSPS) is 20.2. The molecule has 0 atom stereocenters. The molecule has 2 aromatic rings. The Morgan fingerprint density at radius 1 is 0.929 bits per heavy atom. The predicted molar refractivity (Wildman–Crippen MR) is 114 cm³/mol. The van der Waals surface area contributed by atoms with Crippen LogP contribution in [0.4, 0.5) is 5.13 Å². The van der Waals surface area contributed by atoms with Crippen LogP contribution in [0, 0.1) is 0 Å². The Bertz CT molecular complexity index is 795. The summed E-state index contributed by atoms with van der Waals surface area (Å²) in [4.78, 5) is 5.12. The fraction of sp³-hybridized carbons (Fsp3) is 0.619.